The second kappa shape index (κ2) is 6.75. The lowest BCUT2D eigenvalue weighted by Gasteiger charge is -2.26. The quantitative estimate of drug-likeness (QED) is 0.605. The van der Waals surface area contributed by atoms with Crippen LogP contribution in [-0.4, -0.2) is 57.5 Å². The van der Waals surface area contributed by atoms with Gasteiger partial charge in [0.2, 0.25) is 0 Å². The average molecular weight is 202 g/mol. The van der Waals surface area contributed by atoms with Crippen LogP contribution in [0.1, 0.15) is 6.42 Å². The Kier molecular flexibility index (Phi) is 5.51. The molecule has 5 heteroatoms. The molecule has 0 bridgehead atoms. The Labute approximate surface area is 84.4 Å². The zero-order valence-electron chi connectivity index (χ0n) is 8.62. The third-order valence-corrected chi connectivity index (χ3v) is 2.13. The van der Waals surface area contributed by atoms with Crippen molar-refractivity contribution >= 4 is 5.97 Å². The molecule has 0 aliphatic carbocycles. The minimum atomic E-state index is -0.189. The summed E-state index contributed by atoms with van der Waals surface area (Å²) in [5.41, 5.74) is 0. The van der Waals surface area contributed by atoms with Crippen LogP contribution in [0.4, 0.5) is 0 Å². The Bertz CT molecular complexity index is 169. The Morgan fingerprint density at radius 2 is 2.14 bits per heavy atom. The van der Waals surface area contributed by atoms with E-state index in [2.05, 4.69) is 10.2 Å². The summed E-state index contributed by atoms with van der Waals surface area (Å²) in [5.74, 6) is -0.189. The summed E-state index contributed by atoms with van der Waals surface area (Å²) in [4.78, 5) is 13.2. The fourth-order valence-corrected chi connectivity index (χ4v) is 1.26. The van der Waals surface area contributed by atoms with E-state index in [4.69, 9.17) is 9.47 Å². The van der Waals surface area contributed by atoms with Gasteiger partial charge in [-0.25, -0.2) is 0 Å². The summed E-state index contributed by atoms with van der Waals surface area (Å²) in [6, 6.07) is 0. The molecule has 1 aliphatic rings. The molecule has 1 rings (SSSR count). The van der Waals surface area contributed by atoms with Crippen LogP contribution < -0.4 is 5.32 Å². The molecule has 0 saturated carbocycles. The highest BCUT2D eigenvalue weighted by molar-refractivity contribution is 5.69. The molecule has 0 aromatic rings. The third kappa shape index (κ3) is 4.55. The van der Waals surface area contributed by atoms with E-state index >= 15 is 0 Å². The van der Waals surface area contributed by atoms with E-state index < -0.39 is 0 Å². The van der Waals surface area contributed by atoms with Crippen LogP contribution >= 0.6 is 0 Å². The maximum Gasteiger partial charge on any atom is 0.309 e. The summed E-state index contributed by atoms with van der Waals surface area (Å²) in [6.45, 7) is 4.66. The smallest absolute Gasteiger partial charge is 0.309 e. The lowest BCUT2D eigenvalue weighted by Crippen LogP contribution is -2.44. The van der Waals surface area contributed by atoms with Gasteiger partial charge in [-0.05, 0) is 0 Å². The van der Waals surface area contributed by atoms with Gasteiger partial charge in [0.05, 0.1) is 13.0 Å². The number of carbonyl (C=O) groups excluding carboxylic acids is 1. The predicted molar refractivity (Wildman–Crippen MR) is 51.9 cm³/mol. The first kappa shape index (κ1) is 11.4. The van der Waals surface area contributed by atoms with Crippen molar-refractivity contribution < 1.29 is 14.3 Å². The Morgan fingerprint density at radius 3 is 2.79 bits per heavy atom. The number of rotatable bonds is 5. The summed E-state index contributed by atoms with van der Waals surface area (Å²) in [5, 5.41) is 3.23. The number of hydrogen-bond acceptors (Lipinski definition) is 5. The lowest BCUT2D eigenvalue weighted by atomic mass is 10.4. The molecule has 1 N–H and O–H groups in total. The highest BCUT2D eigenvalue weighted by Gasteiger charge is 2.11. The highest BCUT2D eigenvalue weighted by Crippen LogP contribution is 1.94. The van der Waals surface area contributed by atoms with E-state index in [9.17, 15) is 4.79 Å². The molecule has 5 nitrogen and oxygen atoms in total. The van der Waals surface area contributed by atoms with E-state index in [1.54, 1.807) is 7.11 Å². The van der Waals surface area contributed by atoms with Crippen molar-refractivity contribution in [2.75, 3.05) is 46.6 Å². The molecule has 1 fully saturated rings. The Hall–Kier alpha value is -0.650. The Balaban J connectivity index is 2.03. The van der Waals surface area contributed by atoms with Crippen LogP contribution in [0.25, 0.3) is 0 Å². The molecule has 1 heterocycles. The lowest BCUT2D eigenvalue weighted by molar-refractivity contribution is -0.149. The molecule has 0 aromatic carbocycles. The van der Waals surface area contributed by atoms with Crippen LogP contribution in [0.2, 0.25) is 0 Å². The summed E-state index contributed by atoms with van der Waals surface area (Å²) >= 11 is 0. The van der Waals surface area contributed by atoms with E-state index in [0.29, 0.717) is 19.8 Å². The van der Waals surface area contributed by atoms with Gasteiger partial charge in [-0.2, -0.15) is 0 Å². The molecule has 82 valence electrons. The topological polar surface area (TPSA) is 50.8 Å². The molecule has 0 radical (unpaired) electrons. The van der Waals surface area contributed by atoms with Crippen LogP contribution in [0.5, 0.6) is 0 Å². The largest absolute Gasteiger partial charge is 0.449 e. The van der Waals surface area contributed by atoms with Gasteiger partial charge in [-0.1, -0.05) is 0 Å². The van der Waals surface area contributed by atoms with Gasteiger partial charge < -0.3 is 14.8 Å². The number of piperazine rings is 1. The second-order valence-electron chi connectivity index (χ2n) is 3.26. The third-order valence-electron chi connectivity index (χ3n) is 2.13. The number of ether oxygens (including phenoxy) is 2. The average Bonchev–Trinajstić information content (AvgIpc) is 2.25. The van der Waals surface area contributed by atoms with Gasteiger partial charge in [0.25, 0.3) is 0 Å². The number of nitrogens with zero attached hydrogens (tertiary/aromatic N) is 1. The van der Waals surface area contributed by atoms with Crippen LogP contribution in [0, 0.1) is 0 Å². The molecule has 0 spiro atoms. The number of carbonyl (C=O) groups is 1. The number of esters is 1. The van der Waals surface area contributed by atoms with Gasteiger partial charge >= 0.3 is 5.97 Å². The molecule has 0 amide bonds. The van der Waals surface area contributed by atoms with E-state index in [1.165, 1.54) is 0 Å². The van der Waals surface area contributed by atoms with Gasteiger partial charge in [-0.15, -0.1) is 0 Å². The van der Waals surface area contributed by atoms with Crippen molar-refractivity contribution in [1.82, 2.24) is 10.2 Å². The normalized spacial score (nSPS) is 18.1. The van der Waals surface area contributed by atoms with E-state index in [0.717, 1.165) is 26.2 Å². The molecule has 1 saturated heterocycles. The second-order valence-corrected chi connectivity index (χ2v) is 3.26. The molecular formula is C9H18N2O3. The minimum Gasteiger partial charge on any atom is -0.449 e. The number of nitrogens with one attached hydrogen (secondary N) is 1. The summed E-state index contributed by atoms with van der Waals surface area (Å²) in [7, 11) is 1.57. The fourth-order valence-electron chi connectivity index (χ4n) is 1.26. The first-order valence-electron chi connectivity index (χ1n) is 4.90. The maximum absolute atomic E-state index is 11.1. The first-order chi connectivity index (χ1) is 6.83. The zero-order valence-corrected chi connectivity index (χ0v) is 8.62. The van der Waals surface area contributed by atoms with Gasteiger partial charge in [0.1, 0.15) is 6.73 Å². The van der Waals surface area contributed by atoms with Crippen molar-refractivity contribution in [3.05, 3.63) is 0 Å². The molecule has 0 aromatic heterocycles. The monoisotopic (exact) mass is 202 g/mol. The molecular weight excluding hydrogens is 184 g/mol. The van der Waals surface area contributed by atoms with E-state index in [-0.39, 0.29) is 5.97 Å². The number of methoxy groups -OCH3 is 1. The van der Waals surface area contributed by atoms with Crippen LogP contribution in [0.15, 0.2) is 0 Å². The molecule has 0 atom stereocenters. The van der Waals surface area contributed by atoms with Crippen LogP contribution in [-0.2, 0) is 14.3 Å². The van der Waals surface area contributed by atoms with Gasteiger partial charge in [-0.3, -0.25) is 9.69 Å². The molecule has 1 aliphatic heterocycles. The van der Waals surface area contributed by atoms with Crippen molar-refractivity contribution in [1.29, 1.82) is 0 Å². The Morgan fingerprint density at radius 1 is 1.43 bits per heavy atom. The first-order valence-corrected chi connectivity index (χ1v) is 4.90. The summed E-state index contributed by atoms with van der Waals surface area (Å²) < 4.78 is 9.84. The predicted octanol–water partition coefficient (Wildman–Crippen LogP) is -0.571. The summed E-state index contributed by atoms with van der Waals surface area (Å²) in [6.07, 6.45) is 0.336. The van der Waals surface area contributed by atoms with Gasteiger partial charge in [0.15, 0.2) is 0 Å². The minimum absolute atomic E-state index is 0.189. The SMILES string of the molecule is COCCC(=O)OCN1CCNCC1. The fraction of sp³-hybridized carbons (Fsp3) is 0.889. The standard InChI is InChI=1S/C9H18N2O3/c1-13-7-2-9(12)14-8-11-5-3-10-4-6-11/h10H,2-8H2,1H3. The van der Waals surface area contributed by atoms with Crippen molar-refractivity contribution in [2.24, 2.45) is 0 Å². The zero-order chi connectivity index (χ0) is 10.2. The highest BCUT2D eigenvalue weighted by atomic mass is 16.5. The van der Waals surface area contributed by atoms with E-state index in [1.807, 2.05) is 0 Å². The number of hydrogen-bond donors (Lipinski definition) is 1. The van der Waals surface area contributed by atoms with Crippen molar-refractivity contribution in [3.8, 4) is 0 Å². The van der Waals surface area contributed by atoms with Crippen molar-refractivity contribution in [2.45, 2.75) is 6.42 Å². The molecule has 14 heavy (non-hydrogen) atoms. The van der Waals surface area contributed by atoms with Gasteiger partial charge in [0, 0.05) is 33.3 Å². The molecule has 0 unspecified atom stereocenters. The maximum atomic E-state index is 11.1. The van der Waals surface area contributed by atoms with Crippen molar-refractivity contribution in [3.63, 3.8) is 0 Å². The van der Waals surface area contributed by atoms with Crippen LogP contribution in [0.3, 0.4) is 0 Å².